The molecule has 290 valence electrons. The molecule has 0 bridgehead atoms. The molecule has 11 heteroatoms. The Morgan fingerprint density at radius 1 is 0.821 bits per heavy atom. The van der Waals surface area contributed by atoms with Crippen molar-refractivity contribution in [3.63, 3.8) is 0 Å². The monoisotopic (exact) mass is 756 g/mol. The number of aliphatic imine (C=N–C) groups is 1. The van der Waals surface area contributed by atoms with Crippen molar-refractivity contribution in [2.45, 2.75) is 70.5 Å². The molecular weight excluding hydrogens is 709 g/mol. The van der Waals surface area contributed by atoms with Crippen LogP contribution >= 0.6 is 0 Å². The van der Waals surface area contributed by atoms with E-state index in [4.69, 9.17) is 23.9 Å². The van der Waals surface area contributed by atoms with Crippen molar-refractivity contribution in [3.8, 4) is 17.2 Å². The lowest BCUT2D eigenvalue weighted by atomic mass is 9.99. The summed E-state index contributed by atoms with van der Waals surface area (Å²) in [6, 6.07) is 22.0. The Bertz CT molecular complexity index is 2220. The summed E-state index contributed by atoms with van der Waals surface area (Å²) in [5, 5.41) is 0. The van der Waals surface area contributed by atoms with Crippen LogP contribution in [0.25, 0.3) is 0 Å². The zero-order valence-electron chi connectivity index (χ0n) is 32.5. The van der Waals surface area contributed by atoms with Crippen LogP contribution in [0.5, 0.6) is 17.2 Å². The van der Waals surface area contributed by atoms with Crippen molar-refractivity contribution in [1.82, 2.24) is 4.90 Å². The van der Waals surface area contributed by atoms with Gasteiger partial charge in [0.2, 0.25) is 0 Å². The number of ether oxygens (including phenoxy) is 4. The molecule has 4 aliphatic rings. The molecule has 4 aliphatic heterocycles. The number of nitrogens with zero attached hydrogens (tertiary/aromatic N) is 4. The van der Waals surface area contributed by atoms with Crippen LogP contribution < -0.4 is 24.0 Å². The predicted molar refractivity (Wildman–Crippen MR) is 215 cm³/mol. The van der Waals surface area contributed by atoms with E-state index in [1.54, 1.807) is 7.11 Å². The number of para-hydroxylation sites is 1. The van der Waals surface area contributed by atoms with Gasteiger partial charge in [-0.25, -0.2) is 0 Å². The maximum absolute atomic E-state index is 14.0. The molecule has 4 aromatic carbocycles. The molecule has 0 saturated heterocycles. The molecule has 2 amide bonds. The molecular formula is C45H48N4O7. The lowest BCUT2D eigenvalue weighted by molar-refractivity contribution is -0.140. The molecule has 0 spiro atoms. The van der Waals surface area contributed by atoms with Gasteiger partial charge >= 0.3 is 5.97 Å². The van der Waals surface area contributed by atoms with E-state index < -0.39 is 0 Å². The lowest BCUT2D eigenvalue weighted by Crippen LogP contribution is -2.37. The van der Waals surface area contributed by atoms with Gasteiger partial charge < -0.3 is 28.7 Å². The van der Waals surface area contributed by atoms with Crippen molar-refractivity contribution in [1.29, 1.82) is 0 Å². The number of hydrogen-bond acceptors (Lipinski definition) is 9. The van der Waals surface area contributed by atoms with Gasteiger partial charge in [-0.05, 0) is 104 Å². The summed E-state index contributed by atoms with van der Waals surface area (Å²) in [5.74, 6) is 1.59. The molecule has 11 nitrogen and oxygen atoms in total. The molecule has 0 fully saturated rings. The fourth-order valence-corrected chi connectivity index (χ4v) is 8.53. The van der Waals surface area contributed by atoms with Gasteiger partial charge in [-0.3, -0.25) is 24.3 Å². The number of carbonyl (C=O) groups is 3. The number of carbonyl (C=O) groups excluding carboxylic acids is 3. The summed E-state index contributed by atoms with van der Waals surface area (Å²) in [4.78, 5) is 50.1. The third-order valence-electron chi connectivity index (χ3n) is 11.4. The average molecular weight is 757 g/mol. The summed E-state index contributed by atoms with van der Waals surface area (Å²) in [6.07, 6.45) is 6.87. The first-order valence-electron chi connectivity index (χ1n) is 19.5. The first-order valence-corrected chi connectivity index (χ1v) is 19.5. The number of benzene rings is 4. The van der Waals surface area contributed by atoms with Crippen LogP contribution in [-0.2, 0) is 35.3 Å². The maximum atomic E-state index is 14.0. The van der Waals surface area contributed by atoms with Gasteiger partial charge in [-0.1, -0.05) is 30.3 Å². The Hall–Kier alpha value is -5.68. The highest BCUT2D eigenvalue weighted by Gasteiger charge is 2.38. The van der Waals surface area contributed by atoms with Crippen LogP contribution in [0.2, 0.25) is 0 Å². The second kappa shape index (κ2) is 15.8. The van der Waals surface area contributed by atoms with Gasteiger partial charge in [0.1, 0.15) is 5.75 Å². The minimum atomic E-state index is -0.191. The summed E-state index contributed by atoms with van der Waals surface area (Å²) in [6.45, 7) is 4.28. The predicted octanol–water partition coefficient (Wildman–Crippen LogP) is 7.04. The Morgan fingerprint density at radius 3 is 2.43 bits per heavy atom. The lowest BCUT2D eigenvalue weighted by Gasteiger charge is -2.23. The van der Waals surface area contributed by atoms with Crippen LogP contribution in [0, 0.1) is 6.92 Å². The number of aryl methyl sites for hydroxylation is 2. The van der Waals surface area contributed by atoms with E-state index in [2.05, 4.69) is 23.1 Å². The maximum Gasteiger partial charge on any atom is 0.305 e. The molecule has 8 rings (SSSR count). The van der Waals surface area contributed by atoms with Crippen LogP contribution in [-0.4, -0.2) is 82.0 Å². The van der Waals surface area contributed by atoms with E-state index in [0.29, 0.717) is 66.5 Å². The van der Waals surface area contributed by atoms with Crippen molar-refractivity contribution < 1.29 is 33.3 Å². The Morgan fingerprint density at radius 2 is 1.61 bits per heavy atom. The van der Waals surface area contributed by atoms with E-state index in [0.717, 1.165) is 72.4 Å². The van der Waals surface area contributed by atoms with Crippen LogP contribution in [0.1, 0.15) is 74.2 Å². The van der Waals surface area contributed by atoms with Crippen molar-refractivity contribution in [2.24, 2.45) is 4.99 Å². The highest BCUT2D eigenvalue weighted by Crippen LogP contribution is 2.42. The molecule has 2 atom stereocenters. The molecule has 0 N–H and O–H groups in total. The van der Waals surface area contributed by atoms with Crippen LogP contribution in [0.15, 0.2) is 71.7 Å². The summed E-state index contributed by atoms with van der Waals surface area (Å²) >= 11 is 0. The summed E-state index contributed by atoms with van der Waals surface area (Å²) in [7, 11) is 5.05. The minimum absolute atomic E-state index is 0.0119. The number of hydrogen-bond donors (Lipinski definition) is 0. The SMILES string of the molecule is COC(=O)CCCN(C)Cc1ccc2c(c1)C[C@H]1C=Nc3cc(OCCCOc4cc5c(cc4OC)C(=O)N4c6ccccc6C[C@H]4CC5)c(C)cc3C(=O)N21. The van der Waals surface area contributed by atoms with Gasteiger partial charge in [0, 0.05) is 61.1 Å². The molecule has 0 aliphatic carbocycles. The average Bonchev–Trinajstić information content (AvgIpc) is 3.68. The van der Waals surface area contributed by atoms with Crippen molar-refractivity contribution in [3.05, 3.63) is 106 Å². The Balaban J connectivity index is 0.876. The number of amides is 2. The van der Waals surface area contributed by atoms with E-state index >= 15 is 0 Å². The molecule has 56 heavy (non-hydrogen) atoms. The molecule has 0 unspecified atom stereocenters. The normalized spacial score (nSPS) is 17.7. The smallest absolute Gasteiger partial charge is 0.305 e. The molecule has 0 aromatic heterocycles. The standard InChI is InChI=1S/C45H48N4O7/c1-28-19-36-37(46-26-34-22-32-20-29(12-15-39(32)49(34)45(36)52)27-47(2)16-7-11-43(50)54-4)25-40(28)55-17-8-18-56-42-23-30-13-14-33-21-31-9-5-6-10-38(31)48(33)44(51)35(30)24-41(42)53-3/h5-6,9-10,12,15,19-20,23-26,33-34H,7-8,11,13-14,16-18,21-22,27H2,1-4H3/t33-,34+/m1/s1. The van der Waals surface area contributed by atoms with Gasteiger partial charge in [0.25, 0.3) is 11.8 Å². The Kier molecular flexibility index (Phi) is 10.5. The van der Waals surface area contributed by atoms with E-state index in [1.165, 1.54) is 12.7 Å². The molecule has 0 radical (unpaired) electrons. The third-order valence-corrected chi connectivity index (χ3v) is 11.4. The van der Waals surface area contributed by atoms with Crippen molar-refractivity contribution >= 4 is 41.1 Å². The fourth-order valence-electron chi connectivity index (χ4n) is 8.53. The van der Waals surface area contributed by atoms with E-state index in [-0.39, 0.29) is 29.9 Å². The largest absolute Gasteiger partial charge is 0.493 e. The quantitative estimate of drug-likeness (QED) is 0.106. The fraction of sp³-hybridized carbons (Fsp3) is 0.378. The number of anilines is 2. The highest BCUT2D eigenvalue weighted by molar-refractivity contribution is 6.14. The van der Waals surface area contributed by atoms with E-state index in [9.17, 15) is 14.4 Å². The minimum Gasteiger partial charge on any atom is -0.493 e. The molecule has 0 saturated carbocycles. The van der Waals surface area contributed by atoms with Crippen LogP contribution in [0.3, 0.4) is 0 Å². The van der Waals surface area contributed by atoms with E-state index in [1.807, 2.05) is 78.5 Å². The second-order valence-electron chi connectivity index (χ2n) is 15.2. The topological polar surface area (TPSA) is 110 Å². The zero-order chi connectivity index (χ0) is 38.9. The van der Waals surface area contributed by atoms with Gasteiger partial charge in [-0.2, -0.15) is 0 Å². The number of rotatable bonds is 13. The van der Waals surface area contributed by atoms with Crippen molar-refractivity contribution in [2.75, 3.05) is 50.8 Å². The first kappa shape index (κ1) is 37.3. The molecule has 4 heterocycles. The number of methoxy groups -OCH3 is 2. The number of esters is 1. The summed E-state index contributed by atoms with van der Waals surface area (Å²) in [5.41, 5.74) is 9.08. The second-order valence-corrected chi connectivity index (χ2v) is 15.2. The zero-order valence-corrected chi connectivity index (χ0v) is 32.5. The third kappa shape index (κ3) is 7.23. The first-order chi connectivity index (χ1) is 27.2. The van der Waals surface area contributed by atoms with Gasteiger partial charge in [0.15, 0.2) is 11.5 Å². The van der Waals surface area contributed by atoms with Gasteiger partial charge in [-0.15, -0.1) is 0 Å². The number of fused-ring (bicyclic) bond motifs is 8. The summed E-state index contributed by atoms with van der Waals surface area (Å²) < 4.78 is 22.9. The molecule has 4 aromatic rings. The Labute approximate surface area is 327 Å². The van der Waals surface area contributed by atoms with Gasteiger partial charge in [0.05, 0.1) is 44.7 Å². The highest BCUT2D eigenvalue weighted by atomic mass is 16.5. The van der Waals surface area contributed by atoms with Crippen LogP contribution in [0.4, 0.5) is 17.1 Å².